The number of hydrogen-bond donors (Lipinski definition) is 23. The molecule has 0 amide bonds. The highest BCUT2D eigenvalue weighted by Gasteiger charge is 2.50. The van der Waals surface area contributed by atoms with Crippen molar-refractivity contribution in [1.82, 2.24) is 0 Å². The van der Waals surface area contributed by atoms with Crippen LogP contribution in [-0.2, 0) is 38.0 Å². The average molecular weight is 993 g/mol. The molecule has 0 radical (unpaired) electrons. The summed E-state index contributed by atoms with van der Waals surface area (Å²) in [4.78, 5) is 3.99. The van der Waals surface area contributed by atoms with Crippen molar-refractivity contribution in [2.75, 3.05) is 39.6 Å². The van der Waals surface area contributed by atoms with E-state index in [9.17, 15) is 102 Å². The summed E-state index contributed by atoms with van der Waals surface area (Å²) in [5.41, 5.74) is 0. The van der Waals surface area contributed by atoms with Crippen LogP contribution in [0.15, 0.2) is 34.6 Å². The Balaban J connectivity index is 2.25. The van der Waals surface area contributed by atoms with E-state index in [2.05, 4.69) is 4.89 Å². The predicted octanol–water partition coefficient (Wildman–Crippen LogP) is -7.97. The molecule has 31 nitrogen and oxygen atoms in total. The minimum Gasteiger partial charge on any atom is -0.506 e. The highest BCUT2D eigenvalue weighted by Crippen LogP contribution is 2.31. The summed E-state index contributed by atoms with van der Waals surface area (Å²) in [6.45, 7) is -3.91. The van der Waals surface area contributed by atoms with Crippen LogP contribution in [0.5, 0.6) is 0 Å². The van der Waals surface area contributed by atoms with E-state index in [1.54, 1.807) is 0 Å². The largest absolute Gasteiger partial charge is 0.506 e. The lowest BCUT2D eigenvalue weighted by molar-refractivity contribution is -0.348. The highest BCUT2D eigenvalue weighted by molar-refractivity contribution is 5.12. The second kappa shape index (κ2) is 28.6. The van der Waals surface area contributed by atoms with Crippen LogP contribution in [0.25, 0.3) is 0 Å². The van der Waals surface area contributed by atoms with Crippen LogP contribution in [0.4, 0.5) is 0 Å². The van der Waals surface area contributed by atoms with E-state index >= 15 is 0 Å². The molecule has 2 aliphatic rings. The summed E-state index contributed by atoms with van der Waals surface area (Å²) in [5.74, 6) is -9.58. The summed E-state index contributed by atoms with van der Waals surface area (Å²) < 4.78 is 36.7. The van der Waals surface area contributed by atoms with E-state index in [-0.39, 0.29) is 0 Å². The van der Waals surface area contributed by atoms with Gasteiger partial charge >= 0.3 is 0 Å². The van der Waals surface area contributed by atoms with Gasteiger partial charge in [0.25, 0.3) is 0 Å². The Labute approximate surface area is 379 Å². The fraction of sp³-hybridized carbons (Fsp3) is 0.833. The molecule has 0 bridgehead atoms. The fourth-order valence-electron chi connectivity index (χ4n) is 6.46. The van der Waals surface area contributed by atoms with Gasteiger partial charge in [0.15, 0.2) is 53.4 Å². The Morgan fingerprint density at radius 3 is 1.40 bits per heavy atom. The number of rotatable bonds is 29. The molecule has 19 unspecified atom stereocenters. The third-order valence-corrected chi connectivity index (χ3v) is 10.4. The van der Waals surface area contributed by atoms with Gasteiger partial charge in [0.05, 0.1) is 25.4 Å². The van der Waals surface area contributed by atoms with Gasteiger partial charge in [-0.05, 0) is 0 Å². The molecule has 2 aliphatic heterocycles. The molecule has 394 valence electrons. The lowest BCUT2D eigenvalue weighted by atomic mass is 9.91. The summed E-state index contributed by atoms with van der Waals surface area (Å²) in [6.07, 6.45) is -42.3. The maximum Gasteiger partial charge on any atom is 0.218 e. The van der Waals surface area contributed by atoms with Gasteiger partial charge < -0.3 is 146 Å². The Hall–Kier alpha value is -2.98. The van der Waals surface area contributed by atoms with Crippen molar-refractivity contribution in [3.8, 4) is 0 Å². The van der Waals surface area contributed by atoms with Gasteiger partial charge in [0.2, 0.25) is 18.9 Å². The van der Waals surface area contributed by atoms with Crippen LogP contribution in [0.3, 0.4) is 0 Å². The van der Waals surface area contributed by atoms with Gasteiger partial charge in [-0.3, -0.25) is 5.26 Å². The van der Waals surface area contributed by atoms with Crippen LogP contribution in [0.1, 0.15) is 26.2 Å². The molecule has 0 spiro atoms. The minimum atomic E-state index is -2.75. The lowest BCUT2D eigenvalue weighted by Gasteiger charge is -2.44. The van der Waals surface area contributed by atoms with Crippen molar-refractivity contribution in [2.45, 2.75) is 143 Å². The van der Waals surface area contributed by atoms with Crippen molar-refractivity contribution >= 4 is 0 Å². The lowest BCUT2D eigenvalue weighted by Crippen LogP contribution is -2.62. The first-order valence-corrected chi connectivity index (χ1v) is 20.2. The zero-order valence-electron chi connectivity index (χ0n) is 35.5. The first-order valence-electron chi connectivity index (χ1n) is 20.2. The van der Waals surface area contributed by atoms with E-state index in [1.807, 2.05) is 0 Å². The van der Waals surface area contributed by atoms with Crippen LogP contribution in [-0.4, -0.2) is 274 Å². The molecule has 0 aliphatic carbocycles. The second-order valence-corrected chi connectivity index (χ2v) is 15.0. The van der Waals surface area contributed by atoms with E-state index in [4.69, 9.17) is 48.6 Å². The fourth-order valence-corrected chi connectivity index (χ4v) is 6.46. The summed E-state index contributed by atoms with van der Waals surface area (Å²) in [7, 11) is 0. The van der Waals surface area contributed by atoms with Crippen LogP contribution < -0.4 is 0 Å². The minimum absolute atomic E-state index is 0.645. The predicted molar refractivity (Wildman–Crippen MR) is 208 cm³/mol. The average Bonchev–Trinajstić information content (AvgIpc) is 3.30. The summed E-state index contributed by atoms with van der Waals surface area (Å²) in [6, 6.07) is 0. The molecule has 0 saturated carbocycles. The first kappa shape index (κ1) is 60.1. The Morgan fingerprint density at radius 2 is 0.940 bits per heavy atom. The zero-order chi connectivity index (χ0) is 51.0. The maximum atomic E-state index is 11.0. The van der Waals surface area contributed by atoms with Gasteiger partial charge in [-0.1, -0.05) is 6.92 Å². The quantitative estimate of drug-likeness (QED) is 0.0143. The molecule has 2 saturated heterocycles. The van der Waals surface area contributed by atoms with Crippen molar-refractivity contribution in [3.05, 3.63) is 34.6 Å². The second-order valence-electron chi connectivity index (χ2n) is 15.0. The van der Waals surface area contributed by atoms with Crippen molar-refractivity contribution in [3.63, 3.8) is 0 Å². The SMILES string of the molecule is CC1C(CO)OC(OC(COO)C(O)C(O)C(O)OC2C(CO)OC(OC(CCO)/C(O)=C(/O)C(O)OC(CCO)/C(O)=C(\O)C(O)OC(CCO)/C(O)=C(/O)C(O)O)C(O)C2O)C(O)C1O. The molecule has 2 heterocycles. The molecule has 67 heavy (non-hydrogen) atoms. The Bertz CT molecular complexity index is 1530. The van der Waals surface area contributed by atoms with Crippen molar-refractivity contribution < 1.29 is 156 Å². The van der Waals surface area contributed by atoms with Gasteiger partial charge in [0.1, 0.15) is 73.8 Å². The van der Waals surface area contributed by atoms with Gasteiger partial charge in [0, 0.05) is 45.0 Å². The molecule has 2 rings (SSSR count). The summed E-state index contributed by atoms with van der Waals surface area (Å²) in [5, 5.41) is 233. The topological polar surface area (TPSA) is 539 Å². The van der Waals surface area contributed by atoms with Crippen molar-refractivity contribution in [1.29, 1.82) is 0 Å². The molecule has 0 aromatic carbocycles. The smallest absolute Gasteiger partial charge is 0.218 e. The first-order chi connectivity index (χ1) is 31.5. The summed E-state index contributed by atoms with van der Waals surface area (Å²) >= 11 is 0. The number of aliphatic hydroxyl groups is 22. The standard InChI is InChI=1S/C36H64O31/c1-11-15(8-40)64-35(28(52)18(11)42)66-17(10-60-59)22(46)27(51)34(58)67-30-16(9-41)65-36(29(53)23(30)47)63-14(4-7-39)21(45)26(50)33(57)62-13(3-6-38)20(44)25(49)32(56)61-12(2-5-37)19(43)24(48)31(54)55/h11-18,22-23,27-59H,2-10H2,1H3/b24-19-,25-20+,26-21-. The van der Waals surface area contributed by atoms with Crippen LogP contribution >= 0.6 is 0 Å². The van der Waals surface area contributed by atoms with E-state index in [1.165, 1.54) is 6.92 Å². The number of ether oxygens (including phenoxy) is 7. The van der Waals surface area contributed by atoms with Gasteiger partial charge in [-0.15, -0.1) is 0 Å². The highest BCUT2D eigenvalue weighted by atomic mass is 17.1. The molecule has 31 heteroatoms. The molecule has 0 aromatic heterocycles. The molecule has 19 atom stereocenters. The van der Waals surface area contributed by atoms with Crippen LogP contribution in [0, 0.1) is 5.92 Å². The molecule has 23 N–H and O–H groups in total. The van der Waals surface area contributed by atoms with Crippen LogP contribution in [0.2, 0.25) is 0 Å². The number of aliphatic hydroxyl groups excluding tert-OH is 21. The van der Waals surface area contributed by atoms with Gasteiger partial charge in [-0.2, -0.15) is 0 Å². The van der Waals surface area contributed by atoms with E-state index in [0.29, 0.717) is 0 Å². The Morgan fingerprint density at radius 1 is 0.507 bits per heavy atom. The molecule has 0 aromatic rings. The normalized spacial score (nSPS) is 31.4. The van der Waals surface area contributed by atoms with E-state index < -0.39 is 216 Å². The molecular weight excluding hydrogens is 928 g/mol. The third-order valence-electron chi connectivity index (χ3n) is 10.4. The van der Waals surface area contributed by atoms with Gasteiger partial charge in [-0.25, -0.2) is 4.89 Å². The van der Waals surface area contributed by atoms with Crippen molar-refractivity contribution in [2.24, 2.45) is 5.92 Å². The number of hydrogen-bond acceptors (Lipinski definition) is 31. The molecule has 2 fully saturated rings. The maximum absolute atomic E-state index is 11.0. The van der Waals surface area contributed by atoms with E-state index in [0.717, 1.165) is 0 Å². The third kappa shape index (κ3) is 16.0. The Kier molecular flexibility index (Phi) is 25.7. The monoisotopic (exact) mass is 992 g/mol. The molecular formula is C36H64O31. The zero-order valence-corrected chi connectivity index (χ0v) is 35.5.